The van der Waals surface area contributed by atoms with Gasteiger partial charge in [0, 0.05) is 0 Å². The average molecular weight is 533 g/mol. The topological polar surface area (TPSA) is 0 Å². The van der Waals surface area contributed by atoms with E-state index in [0.29, 0.717) is 0 Å². The quantitative estimate of drug-likeness (QED) is 0.198. The molecule has 42 heavy (non-hydrogen) atoms. The molecule has 8 aromatic carbocycles. The second-order valence-corrected chi connectivity index (χ2v) is 11.0. The van der Waals surface area contributed by atoms with E-state index in [1.165, 1.54) is 76.8 Å². The highest BCUT2D eigenvalue weighted by Crippen LogP contribution is 2.36. The van der Waals surface area contributed by atoms with Crippen molar-refractivity contribution >= 4 is 32.3 Å². The van der Waals surface area contributed by atoms with E-state index in [1.54, 1.807) is 0 Å². The van der Waals surface area contributed by atoms with Crippen LogP contribution in [0.1, 0.15) is 0 Å². The Kier molecular flexibility index (Phi) is 5.90. The highest BCUT2D eigenvalue weighted by molar-refractivity contribution is 6.13. The molecule has 0 saturated carbocycles. The number of fused-ring (bicyclic) bond motifs is 4. The van der Waals surface area contributed by atoms with Gasteiger partial charge < -0.3 is 0 Å². The Hall–Kier alpha value is -5.46. The van der Waals surface area contributed by atoms with Gasteiger partial charge in [-0.3, -0.25) is 0 Å². The highest BCUT2D eigenvalue weighted by atomic mass is 14.1. The van der Waals surface area contributed by atoms with E-state index in [9.17, 15) is 0 Å². The SMILES string of the molecule is c1ccc(-c2ccc3cc(-c4ccc(-c5ccc(-c6cc7ccccc7c7ccccc67)cc5)cc4)ccc3c2)cc1. The third-order valence-corrected chi connectivity index (χ3v) is 8.46. The van der Waals surface area contributed by atoms with E-state index >= 15 is 0 Å². The summed E-state index contributed by atoms with van der Waals surface area (Å²) in [6.07, 6.45) is 0. The van der Waals surface area contributed by atoms with Crippen molar-refractivity contribution < 1.29 is 0 Å². The van der Waals surface area contributed by atoms with Crippen molar-refractivity contribution in [2.45, 2.75) is 0 Å². The van der Waals surface area contributed by atoms with Crippen LogP contribution in [0.3, 0.4) is 0 Å². The molecule has 0 aliphatic carbocycles. The van der Waals surface area contributed by atoms with Gasteiger partial charge in [-0.15, -0.1) is 0 Å². The summed E-state index contributed by atoms with van der Waals surface area (Å²) in [5.41, 5.74) is 9.93. The summed E-state index contributed by atoms with van der Waals surface area (Å²) in [4.78, 5) is 0. The van der Waals surface area contributed by atoms with Gasteiger partial charge in [-0.2, -0.15) is 0 Å². The summed E-state index contributed by atoms with van der Waals surface area (Å²) in [6.45, 7) is 0. The molecule has 0 unspecified atom stereocenters. The normalized spacial score (nSPS) is 11.3. The zero-order valence-corrected chi connectivity index (χ0v) is 23.2. The van der Waals surface area contributed by atoms with Crippen LogP contribution in [0.25, 0.3) is 76.8 Å². The van der Waals surface area contributed by atoms with Gasteiger partial charge in [0.25, 0.3) is 0 Å². The zero-order valence-electron chi connectivity index (χ0n) is 23.2. The van der Waals surface area contributed by atoms with E-state index in [1.807, 2.05) is 0 Å². The molecule has 0 aliphatic rings. The van der Waals surface area contributed by atoms with Crippen molar-refractivity contribution in [3.05, 3.63) is 170 Å². The molecule has 0 fully saturated rings. The van der Waals surface area contributed by atoms with E-state index in [-0.39, 0.29) is 0 Å². The van der Waals surface area contributed by atoms with Crippen LogP contribution in [0.5, 0.6) is 0 Å². The first-order valence-electron chi connectivity index (χ1n) is 14.5. The average Bonchev–Trinajstić information content (AvgIpc) is 3.08. The minimum Gasteiger partial charge on any atom is -0.0622 e. The monoisotopic (exact) mass is 532 g/mol. The van der Waals surface area contributed by atoms with Crippen molar-refractivity contribution in [1.82, 2.24) is 0 Å². The molecule has 0 bridgehead atoms. The van der Waals surface area contributed by atoms with Crippen LogP contribution in [0.2, 0.25) is 0 Å². The van der Waals surface area contributed by atoms with Crippen molar-refractivity contribution in [3.8, 4) is 44.5 Å². The Balaban J connectivity index is 1.08. The number of benzene rings is 8. The minimum absolute atomic E-state index is 1.22. The summed E-state index contributed by atoms with van der Waals surface area (Å²) in [5, 5.41) is 7.69. The predicted molar refractivity (Wildman–Crippen MR) is 181 cm³/mol. The maximum absolute atomic E-state index is 2.33. The molecule has 0 heterocycles. The summed E-state index contributed by atoms with van der Waals surface area (Å²) in [7, 11) is 0. The molecule has 0 saturated heterocycles. The maximum Gasteiger partial charge on any atom is -0.00990 e. The Labute approximate surface area is 246 Å². The maximum atomic E-state index is 2.33. The molecule has 0 atom stereocenters. The third kappa shape index (κ3) is 4.35. The van der Waals surface area contributed by atoms with Crippen LogP contribution in [-0.4, -0.2) is 0 Å². The first-order valence-corrected chi connectivity index (χ1v) is 14.5. The van der Waals surface area contributed by atoms with Gasteiger partial charge in [0.15, 0.2) is 0 Å². The van der Waals surface area contributed by atoms with Gasteiger partial charge in [-0.05, 0) is 95.0 Å². The fraction of sp³-hybridized carbons (Fsp3) is 0. The number of hydrogen-bond acceptors (Lipinski definition) is 0. The fourth-order valence-electron chi connectivity index (χ4n) is 6.23. The Morgan fingerprint density at radius 3 is 1.26 bits per heavy atom. The summed E-state index contributed by atoms with van der Waals surface area (Å²) in [5.74, 6) is 0. The molecule has 8 rings (SSSR count). The van der Waals surface area contributed by atoms with Gasteiger partial charge in [0.05, 0.1) is 0 Å². The van der Waals surface area contributed by atoms with Crippen LogP contribution in [0.15, 0.2) is 170 Å². The molecule has 0 spiro atoms. The Bertz CT molecular complexity index is 2200. The molecule has 0 aromatic heterocycles. The summed E-state index contributed by atoms with van der Waals surface area (Å²) in [6, 6.07) is 61.7. The largest absolute Gasteiger partial charge is 0.0622 e. The minimum atomic E-state index is 1.22. The van der Waals surface area contributed by atoms with Crippen molar-refractivity contribution in [2.75, 3.05) is 0 Å². The van der Waals surface area contributed by atoms with Crippen LogP contribution in [0, 0.1) is 0 Å². The van der Waals surface area contributed by atoms with Crippen LogP contribution >= 0.6 is 0 Å². The molecule has 0 N–H and O–H groups in total. The number of rotatable bonds is 4. The van der Waals surface area contributed by atoms with Crippen LogP contribution < -0.4 is 0 Å². The molecule has 0 radical (unpaired) electrons. The summed E-state index contributed by atoms with van der Waals surface area (Å²) < 4.78 is 0. The lowest BCUT2D eigenvalue weighted by molar-refractivity contribution is 1.59. The Morgan fingerprint density at radius 1 is 0.214 bits per heavy atom. The van der Waals surface area contributed by atoms with Crippen molar-refractivity contribution in [1.29, 1.82) is 0 Å². The fourth-order valence-corrected chi connectivity index (χ4v) is 6.23. The third-order valence-electron chi connectivity index (χ3n) is 8.46. The van der Waals surface area contributed by atoms with Crippen molar-refractivity contribution in [2.24, 2.45) is 0 Å². The van der Waals surface area contributed by atoms with E-state index in [0.717, 1.165) is 0 Å². The standard InChI is InChI=1S/C42H28/c1-2-8-29(9-3-1)34-22-24-37-27-35(23-25-36(37)26-34)32-16-14-30(15-17-32)31-18-20-33(21-19-31)42-28-38-10-4-5-11-39(38)40-12-6-7-13-41(40)42/h1-28H. The molecule has 0 amide bonds. The second-order valence-electron chi connectivity index (χ2n) is 11.0. The highest BCUT2D eigenvalue weighted by Gasteiger charge is 2.09. The first-order chi connectivity index (χ1) is 20.8. The Morgan fingerprint density at radius 2 is 0.643 bits per heavy atom. The summed E-state index contributed by atoms with van der Waals surface area (Å²) >= 11 is 0. The molecular formula is C42H28. The lowest BCUT2D eigenvalue weighted by atomic mass is 9.92. The van der Waals surface area contributed by atoms with Crippen molar-refractivity contribution in [3.63, 3.8) is 0 Å². The van der Waals surface area contributed by atoms with E-state index < -0.39 is 0 Å². The van der Waals surface area contributed by atoms with Gasteiger partial charge >= 0.3 is 0 Å². The zero-order chi connectivity index (χ0) is 27.9. The lowest BCUT2D eigenvalue weighted by Gasteiger charge is -2.12. The van der Waals surface area contributed by atoms with Gasteiger partial charge in [-0.25, -0.2) is 0 Å². The second kappa shape index (κ2) is 10.2. The molecule has 8 aromatic rings. The van der Waals surface area contributed by atoms with E-state index in [2.05, 4.69) is 170 Å². The van der Waals surface area contributed by atoms with Gasteiger partial charge in [-0.1, -0.05) is 152 Å². The molecule has 196 valence electrons. The van der Waals surface area contributed by atoms with Crippen LogP contribution in [0.4, 0.5) is 0 Å². The molecule has 0 nitrogen and oxygen atoms in total. The molecule has 0 aliphatic heterocycles. The van der Waals surface area contributed by atoms with Gasteiger partial charge in [0.2, 0.25) is 0 Å². The molecule has 0 heteroatoms. The van der Waals surface area contributed by atoms with Gasteiger partial charge in [0.1, 0.15) is 0 Å². The first kappa shape index (κ1) is 24.3. The molecular weight excluding hydrogens is 504 g/mol. The predicted octanol–water partition coefficient (Wildman–Crippen LogP) is 11.8. The lowest BCUT2D eigenvalue weighted by Crippen LogP contribution is -1.85. The van der Waals surface area contributed by atoms with Crippen LogP contribution in [-0.2, 0) is 0 Å². The number of hydrogen-bond donors (Lipinski definition) is 0. The van der Waals surface area contributed by atoms with E-state index in [4.69, 9.17) is 0 Å². The smallest absolute Gasteiger partial charge is 0.00990 e.